The second-order valence-electron chi connectivity index (χ2n) is 10.9. The standard InChI is InChI=1S/C28H38N10O7/c1-2-29-27(41)24-22(39)23(40)28(44-24)37-16-34-21-25(32-15-33-26(21)37)31-14-10-8-6-4-3-5-7-9-13-30-17-11-12-18(38(42)43)20-19(17)35-45-36-20/h11-12,15-16,22-24,28,30,39-40H,2-10,13-14H2,1H3,(H,29,41)(H,31,32,33)/t22-,23+,24-,28?/m0/s1. The highest BCUT2D eigenvalue weighted by Gasteiger charge is 2.47. The first-order valence-corrected chi connectivity index (χ1v) is 15.2. The van der Waals surface area contributed by atoms with Crippen LogP contribution in [0, 0.1) is 10.1 Å². The van der Waals surface area contributed by atoms with Gasteiger partial charge in [-0.15, -0.1) is 0 Å². The maximum absolute atomic E-state index is 12.2. The highest BCUT2D eigenvalue weighted by Crippen LogP contribution is 2.32. The van der Waals surface area contributed by atoms with Crippen molar-refractivity contribution in [3.63, 3.8) is 0 Å². The van der Waals surface area contributed by atoms with Gasteiger partial charge in [0.15, 0.2) is 34.8 Å². The molecule has 0 spiro atoms. The predicted octanol–water partition coefficient (Wildman–Crippen LogP) is 2.67. The van der Waals surface area contributed by atoms with Crippen molar-refractivity contribution in [1.29, 1.82) is 0 Å². The Bertz CT molecular complexity index is 1590. The second kappa shape index (κ2) is 15.0. The Morgan fingerprint density at radius 3 is 2.33 bits per heavy atom. The molecule has 3 aromatic heterocycles. The molecule has 45 heavy (non-hydrogen) atoms. The van der Waals surface area contributed by atoms with Crippen molar-refractivity contribution in [1.82, 2.24) is 35.1 Å². The molecule has 4 atom stereocenters. The molecule has 1 unspecified atom stereocenters. The van der Waals surface area contributed by atoms with E-state index in [1.807, 2.05) is 0 Å². The quantitative estimate of drug-likeness (QED) is 0.0645. The molecular formula is C28H38N10O7. The summed E-state index contributed by atoms with van der Waals surface area (Å²) in [6, 6.07) is 3.04. The summed E-state index contributed by atoms with van der Waals surface area (Å²) in [5.41, 5.74) is 1.99. The molecule has 242 valence electrons. The first kappa shape index (κ1) is 31.9. The van der Waals surface area contributed by atoms with Crippen molar-refractivity contribution in [2.75, 3.05) is 30.3 Å². The number of likely N-dealkylation sites (N-methyl/N-ethyl adjacent to an activating group) is 1. The Hall–Kier alpha value is -4.48. The number of nitro groups is 1. The van der Waals surface area contributed by atoms with E-state index in [1.165, 1.54) is 23.3 Å². The summed E-state index contributed by atoms with van der Waals surface area (Å²) >= 11 is 0. The summed E-state index contributed by atoms with van der Waals surface area (Å²) in [6.07, 6.45) is 6.56. The lowest BCUT2D eigenvalue weighted by molar-refractivity contribution is -0.383. The van der Waals surface area contributed by atoms with E-state index in [-0.39, 0.29) is 11.2 Å². The predicted molar refractivity (Wildman–Crippen MR) is 162 cm³/mol. The molecular weight excluding hydrogens is 588 g/mol. The molecule has 17 nitrogen and oxygen atoms in total. The largest absolute Gasteiger partial charge is 0.387 e. The zero-order chi connectivity index (χ0) is 31.8. The Morgan fingerprint density at radius 2 is 1.62 bits per heavy atom. The molecule has 0 radical (unpaired) electrons. The lowest BCUT2D eigenvalue weighted by atomic mass is 10.1. The van der Waals surface area contributed by atoms with Gasteiger partial charge in [0.1, 0.15) is 18.5 Å². The fourth-order valence-corrected chi connectivity index (χ4v) is 5.43. The van der Waals surface area contributed by atoms with Crippen LogP contribution in [0.25, 0.3) is 22.2 Å². The van der Waals surface area contributed by atoms with Gasteiger partial charge < -0.3 is 30.9 Å². The fraction of sp³-hybridized carbons (Fsp3) is 0.571. The maximum Gasteiger partial charge on any atom is 0.300 e. The van der Waals surface area contributed by atoms with E-state index in [4.69, 9.17) is 9.37 Å². The first-order chi connectivity index (χ1) is 21.9. The number of aliphatic hydroxyl groups is 2. The van der Waals surface area contributed by atoms with E-state index in [0.717, 1.165) is 57.9 Å². The van der Waals surface area contributed by atoms with Crippen LogP contribution in [0.4, 0.5) is 17.2 Å². The summed E-state index contributed by atoms with van der Waals surface area (Å²) < 4.78 is 11.9. The summed E-state index contributed by atoms with van der Waals surface area (Å²) in [7, 11) is 0. The van der Waals surface area contributed by atoms with Gasteiger partial charge >= 0.3 is 5.69 Å². The molecule has 0 saturated carbocycles. The molecule has 1 aliphatic rings. The number of ether oxygens (including phenoxy) is 1. The molecule has 0 bridgehead atoms. The van der Waals surface area contributed by atoms with Gasteiger partial charge in [0.2, 0.25) is 5.52 Å². The minimum Gasteiger partial charge on any atom is -0.387 e. The Kier molecular flexibility index (Phi) is 10.6. The zero-order valence-electron chi connectivity index (χ0n) is 25.0. The number of anilines is 2. The van der Waals surface area contributed by atoms with Crippen LogP contribution in [0.15, 0.2) is 29.4 Å². The Balaban J connectivity index is 0.970. The number of imidazole rings is 1. The van der Waals surface area contributed by atoms with E-state index < -0.39 is 35.4 Å². The van der Waals surface area contributed by atoms with Gasteiger partial charge in [0, 0.05) is 25.7 Å². The number of fused-ring (bicyclic) bond motifs is 2. The van der Waals surface area contributed by atoms with Gasteiger partial charge in [0.05, 0.1) is 16.9 Å². The van der Waals surface area contributed by atoms with E-state index in [2.05, 4.69) is 41.2 Å². The van der Waals surface area contributed by atoms with Crippen LogP contribution in [0.2, 0.25) is 0 Å². The van der Waals surface area contributed by atoms with Crippen LogP contribution in [0.1, 0.15) is 64.5 Å². The number of nitro benzene ring substituents is 1. The normalized spacial score (nSPS) is 19.7. The minimum atomic E-state index is -1.38. The van der Waals surface area contributed by atoms with Gasteiger partial charge in [-0.3, -0.25) is 19.5 Å². The van der Waals surface area contributed by atoms with Gasteiger partial charge in [0.25, 0.3) is 5.91 Å². The van der Waals surface area contributed by atoms with Crippen LogP contribution in [0.5, 0.6) is 0 Å². The smallest absolute Gasteiger partial charge is 0.300 e. The monoisotopic (exact) mass is 626 g/mol. The molecule has 1 aliphatic heterocycles. The van der Waals surface area contributed by atoms with Crippen molar-refractivity contribution < 1.29 is 29.3 Å². The number of aliphatic hydroxyl groups excluding tert-OH is 2. The summed E-state index contributed by atoms with van der Waals surface area (Å²) in [6.45, 7) is 3.58. The SMILES string of the molecule is CCNC(=O)[C@H]1OC(n2cnc3c(NCCCCCCCCCCNc4ccc([N+](=O)[O-])c5nonc45)ncnc32)[C@H](O)[C@@H]1O. The number of rotatable bonds is 17. The van der Waals surface area contributed by atoms with Gasteiger partial charge in [-0.1, -0.05) is 38.5 Å². The van der Waals surface area contributed by atoms with Gasteiger partial charge in [-0.25, -0.2) is 19.6 Å². The van der Waals surface area contributed by atoms with Crippen molar-refractivity contribution >= 4 is 45.3 Å². The topological polar surface area (TPSA) is 229 Å². The van der Waals surface area contributed by atoms with Crippen LogP contribution in [-0.4, -0.2) is 88.8 Å². The molecule has 1 aromatic carbocycles. The maximum atomic E-state index is 12.2. The number of aromatic nitrogens is 6. The number of nitrogens with zero attached hydrogens (tertiary/aromatic N) is 7. The minimum absolute atomic E-state index is 0.126. The summed E-state index contributed by atoms with van der Waals surface area (Å²) in [5.74, 6) is 0.0739. The van der Waals surface area contributed by atoms with Crippen molar-refractivity contribution in [2.24, 2.45) is 0 Å². The Morgan fingerprint density at radius 1 is 0.933 bits per heavy atom. The second-order valence-corrected chi connectivity index (χ2v) is 10.9. The molecule has 1 saturated heterocycles. The number of amides is 1. The van der Waals surface area contributed by atoms with Crippen molar-refractivity contribution in [2.45, 2.75) is 82.8 Å². The van der Waals surface area contributed by atoms with E-state index >= 15 is 0 Å². The Labute approximate surface area is 257 Å². The third-order valence-corrected chi connectivity index (χ3v) is 7.78. The average molecular weight is 627 g/mol. The number of unbranched alkanes of at least 4 members (excludes halogenated alkanes) is 7. The lowest BCUT2D eigenvalue weighted by Gasteiger charge is -2.16. The average Bonchev–Trinajstić information content (AvgIpc) is 3.76. The first-order valence-electron chi connectivity index (χ1n) is 15.2. The van der Waals surface area contributed by atoms with Gasteiger partial charge in [-0.05, 0) is 36.1 Å². The summed E-state index contributed by atoms with van der Waals surface area (Å²) in [4.78, 5) is 35.8. The number of benzene rings is 1. The number of hydrogen-bond acceptors (Lipinski definition) is 14. The number of hydrogen-bond donors (Lipinski definition) is 5. The number of non-ortho nitro benzene ring substituents is 1. The summed E-state index contributed by atoms with van der Waals surface area (Å²) in [5, 5.41) is 48.7. The van der Waals surface area contributed by atoms with Crippen LogP contribution < -0.4 is 16.0 Å². The zero-order valence-corrected chi connectivity index (χ0v) is 25.0. The molecule has 1 fully saturated rings. The lowest BCUT2D eigenvalue weighted by Crippen LogP contribution is -2.42. The number of carbonyl (C=O) groups excluding carboxylic acids is 1. The highest BCUT2D eigenvalue weighted by molar-refractivity contribution is 5.93. The highest BCUT2D eigenvalue weighted by atomic mass is 16.6. The molecule has 1 amide bonds. The van der Waals surface area contributed by atoms with Crippen LogP contribution >= 0.6 is 0 Å². The third kappa shape index (κ3) is 7.26. The van der Waals surface area contributed by atoms with Crippen LogP contribution in [0.3, 0.4) is 0 Å². The third-order valence-electron chi connectivity index (χ3n) is 7.78. The van der Waals surface area contributed by atoms with Gasteiger partial charge in [-0.2, -0.15) is 0 Å². The molecule has 5 rings (SSSR count). The number of carbonyl (C=O) groups is 1. The molecule has 5 N–H and O–H groups in total. The van der Waals surface area contributed by atoms with E-state index in [0.29, 0.717) is 41.3 Å². The molecule has 4 aromatic rings. The molecule has 17 heteroatoms. The van der Waals surface area contributed by atoms with E-state index in [1.54, 1.807) is 13.0 Å². The fourth-order valence-electron chi connectivity index (χ4n) is 5.43. The van der Waals surface area contributed by atoms with Crippen molar-refractivity contribution in [3.8, 4) is 0 Å². The van der Waals surface area contributed by atoms with Crippen molar-refractivity contribution in [3.05, 3.63) is 34.9 Å². The molecule has 4 heterocycles. The van der Waals surface area contributed by atoms with Crippen LogP contribution in [-0.2, 0) is 9.53 Å². The molecule has 0 aliphatic carbocycles. The van der Waals surface area contributed by atoms with E-state index in [9.17, 15) is 25.1 Å². The number of nitrogens with one attached hydrogen (secondary N) is 3.